The maximum atomic E-state index is 11.9. The van der Waals surface area contributed by atoms with Crippen LogP contribution in [0.4, 0.5) is 4.79 Å². The van der Waals surface area contributed by atoms with Crippen molar-refractivity contribution in [3.63, 3.8) is 0 Å². The van der Waals surface area contributed by atoms with Crippen LogP contribution in [0.3, 0.4) is 0 Å². The van der Waals surface area contributed by atoms with Crippen LogP contribution in [0, 0.1) is 0 Å². The van der Waals surface area contributed by atoms with Crippen molar-refractivity contribution in [1.82, 2.24) is 14.7 Å². The lowest BCUT2D eigenvalue weighted by Gasteiger charge is -2.34. The van der Waals surface area contributed by atoms with Gasteiger partial charge < -0.3 is 9.80 Å². The zero-order valence-corrected chi connectivity index (χ0v) is 11.4. The Balaban J connectivity index is 2.67. The predicted octanol–water partition coefficient (Wildman–Crippen LogP) is 1.47. The van der Waals surface area contributed by atoms with Gasteiger partial charge in [0, 0.05) is 38.8 Å². The molecule has 0 saturated carbocycles. The van der Waals surface area contributed by atoms with Crippen LogP contribution in [-0.2, 0) is 0 Å². The second kappa shape index (κ2) is 5.04. The van der Waals surface area contributed by atoms with Gasteiger partial charge in [-0.1, -0.05) is 0 Å². The van der Waals surface area contributed by atoms with E-state index in [9.17, 15) is 4.79 Å². The van der Waals surface area contributed by atoms with Crippen LogP contribution in [0.25, 0.3) is 0 Å². The van der Waals surface area contributed by atoms with Gasteiger partial charge in [-0.15, -0.1) is 0 Å². The molecule has 0 N–H and O–H groups in total. The van der Waals surface area contributed by atoms with Crippen LogP contribution in [-0.4, -0.2) is 66.5 Å². The number of amides is 2. The fourth-order valence-electron chi connectivity index (χ4n) is 2.38. The highest BCUT2D eigenvalue weighted by molar-refractivity contribution is 5.74. The normalized spacial score (nSPS) is 25.6. The standard InChI is InChI=1S/C12H25N3O/c1-9(2)14(6)11-7-8-15(10(11)3)12(16)13(4)5/h9-11H,7-8H2,1-6H3. The summed E-state index contributed by atoms with van der Waals surface area (Å²) in [6, 6.07) is 1.46. The number of carbonyl (C=O) groups excluding carboxylic acids is 1. The SMILES string of the molecule is CC1C(N(C)C(C)C)CCN1C(=O)N(C)C. The third-order valence-corrected chi connectivity index (χ3v) is 3.68. The average Bonchev–Trinajstić information content (AvgIpc) is 2.57. The minimum absolute atomic E-state index is 0.132. The molecule has 94 valence electrons. The molecule has 4 heteroatoms. The second-order valence-corrected chi connectivity index (χ2v) is 5.23. The van der Waals surface area contributed by atoms with Crippen LogP contribution in [0.1, 0.15) is 27.2 Å². The molecule has 0 bridgehead atoms. The van der Waals surface area contributed by atoms with E-state index in [4.69, 9.17) is 0 Å². The van der Waals surface area contributed by atoms with E-state index >= 15 is 0 Å². The fourth-order valence-corrected chi connectivity index (χ4v) is 2.38. The van der Waals surface area contributed by atoms with Crippen LogP contribution in [0.2, 0.25) is 0 Å². The van der Waals surface area contributed by atoms with Crippen LogP contribution >= 0.6 is 0 Å². The van der Waals surface area contributed by atoms with E-state index in [-0.39, 0.29) is 6.03 Å². The summed E-state index contributed by atoms with van der Waals surface area (Å²) in [6.07, 6.45) is 1.08. The van der Waals surface area contributed by atoms with Gasteiger partial charge >= 0.3 is 6.03 Å². The number of urea groups is 1. The van der Waals surface area contributed by atoms with Crippen molar-refractivity contribution < 1.29 is 4.79 Å². The second-order valence-electron chi connectivity index (χ2n) is 5.23. The first-order chi connectivity index (χ1) is 7.36. The van der Waals surface area contributed by atoms with Gasteiger partial charge in [0.15, 0.2) is 0 Å². The van der Waals surface area contributed by atoms with E-state index in [1.54, 1.807) is 4.90 Å². The van der Waals surface area contributed by atoms with E-state index in [0.29, 0.717) is 18.1 Å². The van der Waals surface area contributed by atoms with Gasteiger partial charge in [0.25, 0.3) is 0 Å². The summed E-state index contributed by atoms with van der Waals surface area (Å²) in [5.41, 5.74) is 0. The molecule has 1 heterocycles. The predicted molar refractivity (Wildman–Crippen MR) is 66.6 cm³/mol. The molecule has 4 nitrogen and oxygen atoms in total. The molecular formula is C12H25N3O. The van der Waals surface area contributed by atoms with Crippen molar-refractivity contribution in [2.75, 3.05) is 27.7 Å². The Hall–Kier alpha value is -0.770. The molecule has 0 radical (unpaired) electrons. The first kappa shape index (κ1) is 13.3. The van der Waals surface area contributed by atoms with Crippen molar-refractivity contribution in [3.05, 3.63) is 0 Å². The molecule has 0 spiro atoms. The molecule has 2 atom stereocenters. The molecule has 2 amide bonds. The number of hydrogen-bond acceptors (Lipinski definition) is 2. The van der Waals surface area contributed by atoms with Gasteiger partial charge in [0.05, 0.1) is 0 Å². The summed E-state index contributed by atoms with van der Waals surface area (Å²) in [5.74, 6) is 0. The average molecular weight is 227 g/mol. The summed E-state index contributed by atoms with van der Waals surface area (Å²) in [6.45, 7) is 7.42. The molecule has 1 rings (SSSR count). The maximum absolute atomic E-state index is 11.9. The highest BCUT2D eigenvalue weighted by atomic mass is 16.2. The Labute approximate surface area is 99.2 Å². The van der Waals surface area contributed by atoms with Gasteiger partial charge in [-0.25, -0.2) is 4.79 Å². The molecule has 2 unspecified atom stereocenters. The summed E-state index contributed by atoms with van der Waals surface area (Å²) >= 11 is 0. The van der Waals surface area contributed by atoms with E-state index in [1.165, 1.54) is 0 Å². The Morgan fingerprint density at radius 1 is 1.31 bits per heavy atom. The molecule has 0 aromatic carbocycles. The highest BCUT2D eigenvalue weighted by Gasteiger charge is 2.37. The lowest BCUT2D eigenvalue weighted by Crippen LogP contribution is -2.48. The summed E-state index contributed by atoms with van der Waals surface area (Å²) < 4.78 is 0. The minimum Gasteiger partial charge on any atom is -0.331 e. The molecule has 1 saturated heterocycles. The fraction of sp³-hybridized carbons (Fsp3) is 0.917. The molecule has 0 aromatic rings. The highest BCUT2D eigenvalue weighted by Crippen LogP contribution is 2.24. The van der Waals surface area contributed by atoms with Gasteiger partial charge in [-0.3, -0.25) is 4.90 Å². The van der Waals surface area contributed by atoms with Crippen molar-refractivity contribution >= 4 is 6.03 Å². The molecule has 1 fully saturated rings. The number of rotatable bonds is 2. The van der Waals surface area contributed by atoms with E-state index in [0.717, 1.165) is 13.0 Å². The van der Waals surface area contributed by atoms with Gasteiger partial charge in [0.2, 0.25) is 0 Å². The van der Waals surface area contributed by atoms with Crippen LogP contribution < -0.4 is 0 Å². The molecule has 1 aliphatic rings. The number of likely N-dealkylation sites (tertiary alicyclic amines) is 1. The van der Waals surface area contributed by atoms with Gasteiger partial charge in [-0.05, 0) is 34.2 Å². The number of hydrogen-bond donors (Lipinski definition) is 0. The topological polar surface area (TPSA) is 26.8 Å². The van der Waals surface area contributed by atoms with Gasteiger partial charge in [-0.2, -0.15) is 0 Å². The van der Waals surface area contributed by atoms with Crippen LogP contribution in [0.5, 0.6) is 0 Å². The van der Waals surface area contributed by atoms with Crippen molar-refractivity contribution in [1.29, 1.82) is 0 Å². The molecular weight excluding hydrogens is 202 g/mol. The number of nitrogens with zero attached hydrogens (tertiary/aromatic N) is 3. The lowest BCUT2D eigenvalue weighted by molar-refractivity contribution is 0.137. The zero-order valence-electron chi connectivity index (χ0n) is 11.4. The summed E-state index contributed by atoms with van der Waals surface area (Å²) in [5, 5.41) is 0. The zero-order chi connectivity index (χ0) is 12.5. The third kappa shape index (κ3) is 2.48. The van der Waals surface area contributed by atoms with E-state index in [1.807, 2.05) is 19.0 Å². The van der Waals surface area contributed by atoms with E-state index in [2.05, 4.69) is 32.7 Å². The minimum atomic E-state index is 0.132. The largest absolute Gasteiger partial charge is 0.331 e. The third-order valence-electron chi connectivity index (χ3n) is 3.68. The van der Waals surface area contributed by atoms with E-state index < -0.39 is 0 Å². The first-order valence-corrected chi connectivity index (χ1v) is 6.06. The Morgan fingerprint density at radius 2 is 1.88 bits per heavy atom. The Bertz CT molecular complexity index is 253. The summed E-state index contributed by atoms with van der Waals surface area (Å²) in [7, 11) is 5.78. The van der Waals surface area contributed by atoms with Gasteiger partial charge in [0.1, 0.15) is 0 Å². The lowest BCUT2D eigenvalue weighted by atomic mass is 10.1. The first-order valence-electron chi connectivity index (χ1n) is 6.06. The molecule has 1 aliphatic heterocycles. The van der Waals surface area contributed by atoms with Crippen LogP contribution in [0.15, 0.2) is 0 Å². The number of likely N-dealkylation sites (N-methyl/N-ethyl adjacent to an activating group) is 1. The Morgan fingerprint density at radius 3 is 2.31 bits per heavy atom. The molecule has 0 aromatic heterocycles. The Kier molecular flexibility index (Phi) is 4.19. The van der Waals surface area contributed by atoms with Crippen molar-refractivity contribution in [2.24, 2.45) is 0 Å². The number of carbonyl (C=O) groups is 1. The maximum Gasteiger partial charge on any atom is 0.319 e. The molecule has 0 aliphatic carbocycles. The summed E-state index contributed by atoms with van der Waals surface area (Å²) in [4.78, 5) is 17.9. The molecule has 16 heavy (non-hydrogen) atoms. The van der Waals surface area contributed by atoms with Crippen molar-refractivity contribution in [3.8, 4) is 0 Å². The quantitative estimate of drug-likeness (QED) is 0.714. The monoisotopic (exact) mass is 227 g/mol. The smallest absolute Gasteiger partial charge is 0.319 e. The van der Waals surface area contributed by atoms with Crippen molar-refractivity contribution in [2.45, 2.75) is 45.3 Å².